The summed E-state index contributed by atoms with van der Waals surface area (Å²) in [5.74, 6) is -1.31. The van der Waals surface area contributed by atoms with Gasteiger partial charge in [0.15, 0.2) is 10.7 Å². The molecular formula is C23H23FN4O4S. The third kappa shape index (κ3) is 4.54. The van der Waals surface area contributed by atoms with Crippen LogP contribution in [0.3, 0.4) is 0 Å². The Morgan fingerprint density at radius 3 is 2.79 bits per heavy atom. The lowest BCUT2D eigenvalue weighted by atomic mass is 10.3. The van der Waals surface area contributed by atoms with Crippen molar-refractivity contribution in [3.05, 3.63) is 58.8 Å². The highest BCUT2D eigenvalue weighted by Crippen LogP contribution is 2.30. The zero-order valence-electron chi connectivity index (χ0n) is 17.9. The monoisotopic (exact) mass is 470 g/mol. The predicted octanol–water partition coefficient (Wildman–Crippen LogP) is 3.10. The molecule has 0 atom stereocenters. The Morgan fingerprint density at radius 1 is 1.15 bits per heavy atom. The number of thiazole rings is 1. The van der Waals surface area contributed by atoms with Gasteiger partial charge in [-0.2, -0.15) is 0 Å². The fourth-order valence-corrected chi connectivity index (χ4v) is 5.03. The number of para-hydroxylation sites is 3. The van der Waals surface area contributed by atoms with E-state index in [1.807, 2.05) is 0 Å². The van der Waals surface area contributed by atoms with Crippen LogP contribution in [-0.2, 0) is 16.1 Å². The Kier molecular flexibility index (Phi) is 6.21. The van der Waals surface area contributed by atoms with E-state index in [1.54, 1.807) is 41.3 Å². The molecule has 8 nitrogen and oxygen atoms in total. The number of aromatic nitrogens is 2. The maximum absolute atomic E-state index is 14.3. The molecule has 1 aliphatic heterocycles. The third-order valence-corrected chi connectivity index (χ3v) is 6.76. The second-order valence-corrected chi connectivity index (χ2v) is 8.87. The molecule has 0 bridgehead atoms. The molecule has 1 aliphatic rings. The van der Waals surface area contributed by atoms with Gasteiger partial charge in [-0.25, -0.2) is 14.2 Å². The van der Waals surface area contributed by atoms with E-state index in [4.69, 9.17) is 9.15 Å². The maximum Gasteiger partial charge on any atom is 0.420 e. The van der Waals surface area contributed by atoms with Gasteiger partial charge in [0.2, 0.25) is 5.91 Å². The van der Waals surface area contributed by atoms with Crippen molar-refractivity contribution in [2.24, 2.45) is 0 Å². The predicted molar refractivity (Wildman–Crippen MR) is 124 cm³/mol. The van der Waals surface area contributed by atoms with Gasteiger partial charge >= 0.3 is 5.76 Å². The van der Waals surface area contributed by atoms with Crippen molar-refractivity contribution in [3.8, 4) is 0 Å². The summed E-state index contributed by atoms with van der Waals surface area (Å²) in [5, 5.41) is 0.419. The quantitative estimate of drug-likeness (QED) is 0.413. The molecule has 10 heteroatoms. The van der Waals surface area contributed by atoms with Crippen LogP contribution >= 0.6 is 11.3 Å². The van der Waals surface area contributed by atoms with E-state index in [1.165, 1.54) is 22.0 Å². The number of nitrogens with zero attached hydrogens (tertiary/aromatic N) is 4. The van der Waals surface area contributed by atoms with Crippen molar-refractivity contribution in [1.29, 1.82) is 0 Å². The van der Waals surface area contributed by atoms with Gasteiger partial charge in [-0.05, 0) is 30.7 Å². The van der Waals surface area contributed by atoms with Crippen LogP contribution in [0.5, 0.6) is 0 Å². The molecule has 1 saturated heterocycles. The van der Waals surface area contributed by atoms with Crippen LogP contribution in [0.15, 0.2) is 51.7 Å². The summed E-state index contributed by atoms with van der Waals surface area (Å²) in [6.07, 6.45) is 0.713. The number of anilines is 1. The first kappa shape index (κ1) is 21.7. The number of hydrogen-bond donors (Lipinski definition) is 0. The Hall–Kier alpha value is -3.08. The molecule has 0 radical (unpaired) electrons. The minimum atomic E-state index is -0.590. The van der Waals surface area contributed by atoms with Crippen molar-refractivity contribution in [2.75, 3.05) is 44.3 Å². The van der Waals surface area contributed by atoms with Crippen LogP contribution in [-0.4, -0.2) is 59.8 Å². The van der Waals surface area contributed by atoms with Crippen molar-refractivity contribution in [1.82, 2.24) is 14.5 Å². The van der Waals surface area contributed by atoms with E-state index in [0.717, 1.165) is 19.6 Å². The van der Waals surface area contributed by atoms with Crippen LogP contribution in [0.4, 0.5) is 9.52 Å². The summed E-state index contributed by atoms with van der Waals surface area (Å²) < 4.78 is 26.9. The van der Waals surface area contributed by atoms with Gasteiger partial charge < -0.3 is 9.15 Å². The van der Waals surface area contributed by atoms with Crippen molar-refractivity contribution in [3.63, 3.8) is 0 Å². The summed E-state index contributed by atoms with van der Waals surface area (Å²) >= 11 is 1.26. The van der Waals surface area contributed by atoms with E-state index < -0.39 is 11.6 Å². The number of ether oxygens (including phenoxy) is 1. The van der Waals surface area contributed by atoms with Crippen LogP contribution in [0.1, 0.15) is 6.42 Å². The standard InChI is InChI=1S/C23H23FN4O4S/c24-16-5-3-8-19-21(16)25-22(33-19)27(10-4-9-26-11-13-31-14-12-26)20(29)15-28-17-6-1-2-7-18(17)32-23(28)30/h1-3,5-8H,4,9-15H2. The van der Waals surface area contributed by atoms with Gasteiger partial charge in [0.1, 0.15) is 17.9 Å². The zero-order valence-corrected chi connectivity index (χ0v) is 18.7. The first-order valence-corrected chi connectivity index (χ1v) is 11.7. The van der Waals surface area contributed by atoms with Crippen LogP contribution in [0.25, 0.3) is 21.3 Å². The average Bonchev–Trinajstić information content (AvgIpc) is 3.39. The number of oxazole rings is 1. The Balaban J connectivity index is 1.41. The smallest absolute Gasteiger partial charge is 0.408 e. The lowest BCUT2D eigenvalue weighted by Gasteiger charge is -2.27. The molecular weight excluding hydrogens is 447 g/mol. The fourth-order valence-electron chi connectivity index (χ4n) is 4.01. The lowest BCUT2D eigenvalue weighted by Crippen LogP contribution is -2.40. The molecule has 172 valence electrons. The number of fused-ring (bicyclic) bond motifs is 2. The summed E-state index contributed by atoms with van der Waals surface area (Å²) in [6.45, 7) is 4.15. The topological polar surface area (TPSA) is 80.8 Å². The summed E-state index contributed by atoms with van der Waals surface area (Å²) in [6, 6.07) is 11.7. The largest absolute Gasteiger partial charge is 0.420 e. The van der Waals surface area contributed by atoms with Crippen LogP contribution < -0.4 is 10.7 Å². The minimum Gasteiger partial charge on any atom is -0.408 e. The molecule has 0 saturated carbocycles. The maximum atomic E-state index is 14.3. The number of rotatable bonds is 7. The van der Waals surface area contributed by atoms with Gasteiger partial charge in [0.25, 0.3) is 0 Å². The van der Waals surface area contributed by atoms with E-state index in [0.29, 0.717) is 47.1 Å². The number of halogens is 1. The first-order chi connectivity index (χ1) is 16.1. The van der Waals surface area contributed by atoms with Gasteiger partial charge in [-0.3, -0.25) is 19.2 Å². The average molecular weight is 471 g/mol. The molecule has 2 aromatic carbocycles. The van der Waals surface area contributed by atoms with E-state index in [2.05, 4.69) is 9.88 Å². The second kappa shape index (κ2) is 9.42. The van der Waals surface area contributed by atoms with Crippen molar-refractivity contribution < 1.29 is 18.3 Å². The molecule has 0 N–H and O–H groups in total. The summed E-state index contributed by atoms with van der Waals surface area (Å²) in [7, 11) is 0. The van der Waals surface area contributed by atoms with E-state index in [-0.39, 0.29) is 18.0 Å². The highest BCUT2D eigenvalue weighted by Gasteiger charge is 2.23. The molecule has 3 heterocycles. The molecule has 4 aromatic rings. The molecule has 1 amide bonds. The first-order valence-electron chi connectivity index (χ1n) is 10.8. The number of carbonyl (C=O) groups excluding carboxylic acids is 1. The SMILES string of the molecule is O=C(Cn1c(=O)oc2ccccc21)N(CCCN1CCOCC1)c1nc2c(F)cccc2s1. The molecule has 0 spiro atoms. The molecule has 0 aliphatic carbocycles. The van der Waals surface area contributed by atoms with Gasteiger partial charge in [0, 0.05) is 26.2 Å². The Labute approximate surface area is 192 Å². The lowest BCUT2D eigenvalue weighted by molar-refractivity contribution is -0.119. The van der Waals surface area contributed by atoms with Crippen LogP contribution in [0, 0.1) is 5.82 Å². The highest BCUT2D eigenvalue weighted by molar-refractivity contribution is 7.22. The van der Waals surface area contributed by atoms with Crippen molar-refractivity contribution in [2.45, 2.75) is 13.0 Å². The zero-order chi connectivity index (χ0) is 22.8. The normalized spacial score (nSPS) is 14.8. The molecule has 5 rings (SSSR count). The Bertz CT molecular complexity index is 1340. The number of benzene rings is 2. The van der Waals surface area contributed by atoms with E-state index >= 15 is 0 Å². The number of amides is 1. The number of hydrogen-bond acceptors (Lipinski definition) is 7. The molecule has 2 aromatic heterocycles. The molecule has 33 heavy (non-hydrogen) atoms. The van der Waals surface area contributed by atoms with E-state index in [9.17, 15) is 14.0 Å². The van der Waals surface area contributed by atoms with Crippen LogP contribution in [0.2, 0.25) is 0 Å². The molecule has 0 unspecified atom stereocenters. The number of morpholine rings is 1. The number of carbonyl (C=O) groups is 1. The van der Waals surface area contributed by atoms with Gasteiger partial charge in [-0.15, -0.1) is 0 Å². The molecule has 1 fully saturated rings. The van der Waals surface area contributed by atoms with Gasteiger partial charge in [0.05, 0.1) is 23.4 Å². The summed E-state index contributed by atoms with van der Waals surface area (Å²) in [5.41, 5.74) is 1.23. The fraction of sp³-hybridized carbons (Fsp3) is 0.348. The van der Waals surface area contributed by atoms with Crippen molar-refractivity contribution >= 4 is 43.7 Å². The second-order valence-electron chi connectivity index (χ2n) is 7.86. The van der Waals surface area contributed by atoms with Gasteiger partial charge in [-0.1, -0.05) is 29.5 Å². The Morgan fingerprint density at radius 2 is 1.97 bits per heavy atom. The summed E-state index contributed by atoms with van der Waals surface area (Å²) in [4.78, 5) is 34.1. The minimum absolute atomic E-state index is 0.189. The highest BCUT2D eigenvalue weighted by atomic mass is 32.1. The third-order valence-electron chi connectivity index (χ3n) is 5.72.